The van der Waals surface area contributed by atoms with Gasteiger partial charge in [-0.25, -0.2) is 0 Å². The minimum absolute atomic E-state index is 0.0979. The van der Waals surface area contributed by atoms with Gasteiger partial charge in [0.25, 0.3) is 0 Å². The SMILES string of the molecule is CC(O)C(C)(C)c1cc(NC(=O)C(C)(C)SCC2CCOCC2)no1. The highest BCUT2D eigenvalue weighted by Gasteiger charge is 2.33. The van der Waals surface area contributed by atoms with Gasteiger partial charge in [0.05, 0.1) is 16.3 Å². The monoisotopic (exact) mass is 370 g/mol. The van der Waals surface area contributed by atoms with Gasteiger partial charge in [0.2, 0.25) is 5.91 Å². The minimum atomic E-state index is -0.588. The fourth-order valence-corrected chi connectivity index (χ4v) is 3.58. The number of rotatable bonds is 7. The highest BCUT2D eigenvalue weighted by Crippen LogP contribution is 2.32. The molecular weight excluding hydrogens is 340 g/mol. The fraction of sp³-hybridized carbons (Fsp3) is 0.778. The molecule has 1 aliphatic heterocycles. The Bertz CT molecular complexity index is 577. The van der Waals surface area contributed by atoms with Crippen LogP contribution in [0.3, 0.4) is 0 Å². The predicted octanol–water partition coefficient (Wildman–Crippen LogP) is 3.21. The molecule has 2 rings (SSSR count). The average molecular weight is 371 g/mol. The first kappa shape index (κ1) is 20.3. The van der Waals surface area contributed by atoms with E-state index in [2.05, 4.69) is 10.5 Å². The third-order valence-corrected chi connectivity index (χ3v) is 6.54. The molecule has 2 N–H and O–H groups in total. The van der Waals surface area contributed by atoms with E-state index in [9.17, 15) is 9.90 Å². The highest BCUT2D eigenvalue weighted by atomic mass is 32.2. The van der Waals surface area contributed by atoms with Crippen molar-refractivity contribution in [2.45, 2.75) is 63.7 Å². The summed E-state index contributed by atoms with van der Waals surface area (Å²) in [6, 6.07) is 1.68. The number of thioether (sulfide) groups is 1. The molecule has 1 aromatic heterocycles. The number of aliphatic hydroxyl groups is 1. The van der Waals surface area contributed by atoms with Gasteiger partial charge in [0, 0.05) is 19.3 Å². The number of carbonyl (C=O) groups excluding carboxylic acids is 1. The Labute approximate surface area is 154 Å². The van der Waals surface area contributed by atoms with Crippen molar-refractivity contribution in [3.8, 4) is 0 Å². The van der Waals surface area contributed by atoms with Crippen molar-refractivity contribution in [3.05, 3.63) is 11.8 Å². The summed E-state index contributed by atoms with van der Waals surface area (Å²) in [6.45, 7) is 10.9. The number of hydrogen-bond acceptors (Lipinski definition) is 6. The molecule has 142 valence electrons. The second-order valence-corrected chi connectivity index (χ2v) is 9.45. The van der Waals surface area contributed by atoms with Crippen molar-refractivity contribution in [1.82, 2.24) is 5.16 Å². The Morgan fingerprint density at radius 1 is 1.40 bits per heavy atom. The first-order valence-electron chi connectivity index (χ1n) is 8.81. The summed E-state index contributed by atoms with van der Waals surface area (Å²) >= 11 is 1.66. The van der Waals surface area contributed by atoms with Crippen LogP contribution < -0.4 is 5.32 Å². The zero-order valence-corrected chi connectivity index (χ0v) is 16.6. The van der Waals surface area contributed by atoms with Crippen LogP contribution in [-0.2, 0) is 14.9 Å². The van der Waals surface area contributed by atoms with E-state index in [1.54, 1.807) is 24.8 Å². The number of aliphatic hydroxyl groups excluding tert-OH is 1. The fourth-order valence-electron chi connectivity index (χ4n) is 2.42. The third-order valence-electron chi connectivity index (χ3n) is 5.00. The molecule has 1 unspecified atom stereocenters. The van der Waals surface area contributed by atoms with Crippen LogP contribution in [0.15, 0.2) is 10.6 Å². The van der Waals surface area contributed by atoms with Crippen LogP contribution in [0.1, 0.15) is 53.2 Å². The van der Waals surface area contributed by atoms with Crippen LogP contribution in [0, 0.1) is 5.92 Å². The topological polar surface area (TPSA) is 84.6 Å². The van der Waals surface area contributed by atoms with Gasteiger partial charge >= 0.3 is 0 Å². The first-order chi connectivity index (χ1) is 11.6. The lowest BCUT2D eigenvalue weighted by atomic mass is 9.85. The van der Waals surface area contributed by atoms with Gasteiger partial charge in [-0.05, 0) is 45.3 Å². The molecule has 0 spiro atoms. The molecule has 0 bridgehead atoms. The Balaban J connectivity index is 1.92. The molecule has 1 atom stereocenters. The molecule has 0 aromatic carbocycles. The van der Waals surface area contributed by atoms with Crippen molar-refractivity contribution >= 4 is 23.5 Å². The standard InChI is InChI=1S/C18H30N2O4S/c1-12(21)17(2,3)14-10-15(20-24-14)19-16(22)18(4,5)25-11-13-6-8-23-9-7-13/h10,12-13,21H,6-9,11H2,1-5H3,(H,19,20,22). The zero-order valence-electron chi connectivity index (χ0n) is 15.8. The summed E-state index contributed by atoms with van der Waals surface area (Å²) in [5, 5.41) is 16.6. The molecule has 7 heteroatoms. The van der Waals surface area contributed by atoms with Crippen molar-refractivity contribution in [2.24, 2.45) is 5.92 Å². The molecule has 0 saturated carbocycles. The van der Waals surface area contributed by atoms with E-state index in [-0.39, 0.29) is 5.91 Å². The zero-order chi connectivity index (χ0) is 18.7. The van der Waals surface area contributed by atoms with E-state index < -0.39 is 16.3 Å². The third kappa shape index (κ3) is 5.21. The van der Waals surface area contributed by atoms with E-state index >= 15 is 0 Å². The maximum atomic E-state index is 12.6. The molecular formula is C18H30N2O4S. The summed E-state index contributed by atoms with van der Waals surface area (Å²) in [7, 11) is 0. The number of ether oxygens (including phenoxy) is 1. The Hall–Kier alpha value is -1.05. The maximum Gasteiger partial charge on any atom is 0.241 e. The molecule has 1 aliphatic rings. The predicted molar refractivity (Wildman–Crippen MR) is 99.9 cm³/mol. The van der Waals surface area contributed by atoms with E-state index in [1.165, 1.54) is 0 Å². The van der Waals surface area contributed by atoms with Gasteiger partial charge in [-0.2, -0.15) is 0 Å². The second kappa shape index (κ2) is 8.10. The Morgan fingerprint density at radius 2 is 2.04 bits per heavy atom. The normalized spacial score (nSPS) is 18.2. The van der Waals surface area contributed by atoms with Gasteiger partial charge < -0.3 is 19.7 Å². The summed E-state index contributed by atoms with van der Waals surface area (Å²) in [5.41, 5.74) is -0.566. The van der Waals surface area contributed by atoms with Gasteiger partial charge in [-0.1, -0.05) is 19.0 Å². The molecule has 1 amide bonds. The van der Waals surface area contributed by atoms with Gasteiger partial charge in [0.1, 0.15) is 5.76 Å². The first-order valence-corrected chi connectivity index (χ1v) is 9.80. The lowest BCUT2D eigenvalue weighted by molar-refractivity contribution is -0.117. The summed E-state index contributed by atoms with van der Waals surface area (Å²) in [5.74, 6) is 2.39. The highest BCUT2D eigenvalue weighted by molar-refractivity contribution is 8.01. The van der Waals surface area contributed by atoms with Crippen LogP contribution in [0.25, 0.3) is 0 Å². The number of nitrogens with zero attached hydrogens (tertiary/aromatic N) is 1. The molecule has 25 heavy (non-hydrogen) atoms. The van der Waals surface area contributed by atoms with E-state index in [4.69, 9.17) is 9.26 Å². The van der Waals surface area contributed by atoms with Gasteiger partial charge in [-0.15, -0.1) is 11.8 Å². The van der Waals surface area contributed by atoms with Crippen LogP contribution in [0.4, 0.5) is 5.82 Å². The number of amides is 1. The van der Waals surface area contributed by atoms with Crippen LogP contribution in [0.5, 0.6) is 0 Å². The molecule has 1 saturated heterocycles. The van der Waals surface area contributed by atoms with Crippen LogP contribution >= 0.6 is 11.8 Å². The molecule has 1 aromatic rings. The van der Waals surface area contributed by atoms with Crippen molar-refractivity contribution < 1.29 is 19.2 Å². The summed E-state index contributed by atoms with van der Waals surface area (Å²) in [6.07, 6.45) is 1.54. The van der Waals surface area contributed by atoms with Crippen molar-refractivity contribution in [3.63, 3.8) is 0 Å². The molecule has 0 aliphatic carbocycles. The van der Waals surface area contributed by atoms with E-state index in [1.807, 2.05) is 27.7 Å². The number of anilines is 1. The molecule has 1 fully saturated rings. The quantitative estimate of drug-likeness (QED) is 0.767. The van der Waals surface area contributed by atoms with Crippen molar-refractivity contribution in [2.75, 3.05) is 24.3 Å². The molecule has 6 nitrogen and oxygen atoms in total. The molecule has 0 radical (unpaired) electrons. The number of carbonyl (C=O) groups is 1. The number of hydrogen-bond donors (Lipinski definition) is 2. The number of nitrogens with one attached hydrogen (secondary N) is 1. The lowest BCUT2D eigenvalue weighted by Gasteiger charge is -2.27. The summed E-state index contributed by atoms with van der Waals surface area (Å²) < 4.78 is 10.1. The largest absolute Gasteiger partial charge is 0.392 e. The van der Waals surface area contributed by atoms with Gasteiger partial charge in [0.15, 0.2) is 5.82 Å². The number of aromatic nitrogens is 1. The van der Waals surface area contributed by atoms with Crippen molar-refractivity contribution in [1.29, 1.82) is 0 Å². The van der Waals surface area contributed by atoms with E-state index in [0.29, 0.717) is 17.5 Å². The minimum Gasteiger partial charge on any atom is -0.392 e. The van der Waals surface area contributed by atoms with Crippen LogP contribution in [-0.4, -0.2) is 46.0 Å². The Morgan fingerprint density at radius 3 is 2.64 bits per heavy atom. The summed E-state index contributed by atoms with van der Waals surface area (Å²) in [4.78, 5) is 12.6. The smallest absolute Gasteiger partial charge is 0.241 e. The van der Waals surface area contributed by atoms with Crippen LogP contribution in [0.2, 0.25) is 0 Å². The van der Waals surface area contributed by atoms with Gasteiger partial charge in [-0.3, -0.25) is 4.79 Å². The molecule has 2 heterocycles. The second-order valence-electron chi connectivity index (χ2n) is 7.81. The average Bonchev–Trinajstić information content (AvgIpc) is 3.03. The Kier molecular flexibility index (Phi) is 6.56. The lowest BCUT2D eigenvalue weighted by Crippen LogP contribution is -2.35. The maximum absolute atomic E-state index is 12.6. The van der Waals surface area contributed by atoms with E-state index in [0.717, 1.165) is 31.8 Å².